The molecular formula is C10H18N4O. The van der Waals surface area contributed by atoms with Gasteiger partial charge < -0.3 is 15.0 Å². The quantitative estimate of drug-likeness (QED) is 0.710. The Kier molecular flexibility index (Phi) is 4.83. The molecule has 0 saturated carbocycles. The van der Waals surface area contributed by atoms with Crippen LogP contribution in [0, 0.1) is 0 Å². The largest absolute Gasteiger partial charge is 0.385 e. The summed E-state index contributed by atoms with van der Waals surface area (Å²) in [6.07, 6.45) is 2.72. The molecule has 0 aliphatic carbocycles. The van der Waals surface area contributed by atoms with Gasteiger partial charge in [-0.3, -0.25) is 0 Å². The van der Waals surface area contributed by atoms with E-state index in [4.69, 9.17) is 4.74 Å². The lowest BCUT2D eigenvalue weighted by Gasteiger charge is -2.11. The van der Waals surface area contributed by atoms with Gasteiger partial charge in [0.2, 0.25) is 5.95 Å². The van der Waals surface area contributed by atoms with Gasteiger partial charge in [-0.15, -0.1) is 0 Å². The molecule has 0 spiro atoms. The number of nitrogens with zero attached hydrogens (tertiary/aromatic N) is 3. The number of hydrogen-bond donors (Lipinski definition) is 1. The number of hydrogen-bond acceptors (Lipinski definition) is 5. The molecule has 0 atom stereocenters. The van der Waals surface area contributed by atoms with Gasteiger partial charge >= 0.3 is 0 Å². The minimum Gasteiger partial charge on any atom is -0.385 e. The Balaban J connectivity index is 2.43. The van der Waals surface area contributed by atoms with Crippen molar-refractivity contribution in [2.75, 3.05) is 44.6 Å². The van der Waals surface area contributed by atoms with Crippen molar-refractivity contribution in [2.24, 2.45) is 0 Å². The Labute approximate surface area is 90.5 Å². The molecule has 5 nitrogen and oxygen atoms in total. The zero-order valence-corrected chi connectivity index (χ0v) is 9.53. The molecular weight excluding hydrogens is 192 g/mol. The van der Waals surface area contributed by atoms with E-state index in [1.807, 2.05) is 25.1 Å². The van der Waals surface area contributed by atoms with Crippen LogP contribution in [0.15, 0.2) is 12.3 Å². The first-order valence-electron chi connectivity index (χ1n) is 4.97. The molecule has 1 N–H and O–H groups in total. The molecule has 1 heterocycles. The highest BCUT2D eigenvalue weighted by Crippen LogP contribution is 2.07. The minimum absolute atomic E-state index is 0.715. The normalized spacial score (nSPS) is 10.1. The van der Waals surface area contributed by atoms with Crippen LogP contribution in [-0.2, 0) is 4.74 Å². The predicted octanol–water partition coefficient (Wildman–Crippen LogP) is 0.991. The lowest BCUT2D eigenvalue weighted by atomic mass is 10.4. The van der Waals surface area contributed by atoms with Crippen molar-refractivity contribution in [3.05, 3.63) is 12.3 Å². The van der Waals surface area contributed by atoms with E-state index < -0.39 is 0 Å². The van der Waals surface area contributed by atoms with E-state index >= 15 is 0 Å². The summed E-state index contributed by atoms with van der Waals surface area (Å²) in [6.45, 7) is 1.62. The van der Waals surface area contributed by atoms with Crippen LogP contribution in [0.3, 0.4) is 0 Å². The number of aromatic nitrogens is 2. The van der Waals surface area contributed by atoms with Gasteiger partial charge in [0, 0.05) is 40.6 Å². The molecule has 0 aliphatic heterocycles. The maximum atomic E-state index is 4.96. The maximum Gasteiger partial charge on any atom is 0.226 e. The van der Waals surface area contributed by atoms with Gasteiger partial charge in [-0.05, 0) is 12.5 Å². The highest BCUT2D eigenvalue weighted by molar-refractivity contribution is 5.40. The smallest absolute Gasteiger partial charge is 0.226 e. The Morgan fingerprint density at radius 3 is 2.93 bits per heavy atom. The summed E-state index contributed by atoms with van der Waals surface area (Å²) in [4.78, 5) is 10.3. The molecule has 0 amide bonds. The van der Waals surface area contributed by atoms with Crippen molar-refractivity contribution in [1.29, 1.82) is 0 Å². The molecule has 0 bridgehead atoms. The van der Waals surface area contributed by atoms with Crippen LogP contribution in [0.1, 0.15) is 6.42 Å². The Bertz CT molecular complexity index is 291. The van der Waals surface area contributed by atoms with Crippen LogP contribution in [0.25, 0.3) is 0 Å². The number of anilines is 2. The van der Waals surface area contributed by atoms with Gasteiger partial charge in [0.15, 0.2) is 0 Å². The molecule has 1 rings (SSSR count). The second kappa shape index (κ2) is 6.19. The third-order valence-electron chi connectivity index (χ3n) is 1.87. The van der Waals surface area contributed by atoms with E-state index in [-0.39, 0.29) is 0 Å². The van der Waals surface area contributed by atoms with Crippen LogP contribution >= 0.6 is 0 Å². The van der Waals surface area contributed by atoms with Crippen LogP contribution < -0.4 is 10.2 Å². The fraction of sp³-hybridized carbons (Fsp3) is 0.600. The van der Waals surface area contributed by atoms with Gasteiger partial charge in [0.1, 0.15) is 5.82 Å². The van der Waals surface area contributed by atoms with Crippen molar-refractivity contribution in [3.63, 3.8) is 0 Å². The van der Waals surface area contributed by atoms with Crippen LogP contribution in [-0.4, -0.2) is 44.3 Å². The monoisotopic (exact) mass is 210 g/mol. The summed E-state index contributed by atoms with van der Waals surface area (Å²) < 4.78 is 4.96. The molecule has 0 saturated heterocycles. The number of rotatable bonds is 6. The lowest BCUT2D eigenvalue weighted by Crippen LogP contribution is -2.14. The zero-order chi connectivity index (χ0) is 11.1. The summed E-state index contributed by atoms with van der Waals surface area (Å²) in [5.74, 6) is 1.57. The van der Waals surface area contributed by atoms with Gasteiger partial charge in [-0.25, -0.2) is 4.98 Å². The second-order valence-corrected chi connectivity index (χ2v) is 3.41. The van der Waals surface area contributed by atoms with Crippen LogP contribution in [0.4, 0.5) is 11.8 Å². The van der Waals surface area contributed by atoms with Crippen molar-refractivity contribution >= 4 is 11.8 Å². The highest BCUT2D eigenvalue weighted by atomic mass is 16.5. The minimum atomic E-state index is 0.715. The fourth-order valence-electron chi connectivity index (χ4n) is 1.10. The van der Waals surface area contributed by atoms with E-state index in [9.17, 15) is 0 Å². The molecule has 0 radical (unpaired) electrons. The van der Waals surface area contributed by atoms with Gasteiger partial charge in [-0.2, -0.15) is 4.98 Å². The molecule has 15 heavy (non-hydrogen) atoms. The third kappa shape index (κ3) is 4.12. The summed E-state index contributed by atoms with van der Waals surface area (Å²) in [5.41, 5.74) is 0. The van der Waals surface area contributed by atoms with Crippen LogP contribution in [0.2, 0.25) is 0 Å². The van der Waals surface area contributed by atoms with E-state index in [1.54, 1.807) is 13.3 Å². The first kappa shape index (κ1) is 11.7. The molecule has 0 unspecified atom stereocenters. The van der Waals surface area contributed by atoms with E-state index in [1.165, 1.54) is 0 Å². The Hall–Kier alpha value is -1.36. The topological polar surface area (TPSA) is 50.3 Å². The number of methoxy groups -OCH3 is 1. The van der Waals surface area contributed by atoms with Gasteiger partial charge in [-0.1, -0.05) is 0 Å². The molecule has 1 aromatic rings. The first-order valence-corrected chi connectivity index (χ1v) is 4.97. The predicted molar refractivity (Wildman–Crippen MR) is 61.3 cm³/mol. The molecule has 1 aromatic heterocycles. The molecule has 0 aromatic carbocycles. The lowest BCUT2D eigenvalue weighted by molar-refractivity contribution is 0.198. The van der Waals surface area contributed by atoms with Gasteiger partial charge in [0.05, 0.1) is 0 Å². The molecule has 0 fully saturated rings. The summed E-state index contributed by atoms with van der Waals surface area (Å²) in [6, 6.07) is 1.86. The van der Waals surface area contributed by atoms with E-state index in [0.717, 1.165) is 25.4 Å². The van der Waals surface area contributed by atoms with E-state index in [2.05, 4.69) is 15.3 Å². The van der Waals surface area contributed by atoms with Crippen molar-refractivity contribution < 1.29 is 4.74 Å². The summed E-state index contributed by atoms with van der Waals surface area (Å²) in [5, 5.41) is 3.22. The Morgan fingerprint density at radius 1 is 1.47 bits per heavy atom. The number of nitrogens with one attached hydrogen (secondary N) is 1. The molecule has 0 aliphatic rings. The SMILES string of the molecule is COCCCNc1ccnc(N(C)C)n1. The maximum absolute atomic E-state index is 4.96. The van der Waals surface area contributed by atoms with Crippen molar-refractivity contribution in [3.8, 4) is 0 Å². The third-order valence-corrected chi connectivity index (χ3v) is 1.87. The standard InChI is InChI=1S/C10H18N4O/c1-14(2)10-12-7-5-9(13-10)11-6-4-8-15-3/h5,7H,4,6,8H2,1-3H3,(H,11,12,13). The summed E-state index contributed by atoms with van der Waals surface area (Å²) in [7, 11) is 5.54. The van der Waals surface area contributed by atoms with Crippen LogP contribution in [0.5, 0.6) is 0 Å². The first-order chi connectivity index (χ1) is 7.24. The fourth-order valence-corrected chi connectivity index (χ4v) is 1.10. The van der Waals surface area contributed by atoms with Crippen molar-refractivity contribution in [1.82, 2.24) is 9.97 Å². The molecule has 84 valence electrons. The average molecular weight is 210 g/mol. The second-order valence-electron chi connectivity index (χ2n) is 3.41. The van der Waals surface area contributed by atoms with Crippen molar-refractivity contribution in [2.45, 2.75) is 6.42 Å². The average Bonchev–Trinajstić information content (AvgIpc) is 2.25. The summed E-state index contributed by atoms with van der Waals surface area (Å²) >= 11 is 0. The van der Waals surface area contributed by atoms with E-state index in [0.29, 0.717) is 5.95 Å². The Morgan fingerprint density at radius 2 is 2.27 bits per heavy atom. The molecule has 5 heteroatoms. The highest BCUT2D eigenvalue weighted by Gasteiger charge is 1.99. The number of ether oxygens (including phenoxy) is 1. The zero-order valence-electron chi connectivity index (χ0n) is 9.53. The van der Waals surface area contributed by atoms with Gasteiger partial charge in [0.25, 0.3) is 0 Å².